The van der Waals surface area contributed by atoms with E-state index in [1.165, 1.54) is 12.8 Å². The number of likely N-dealkylation sites (tertiary alicyclic amines) is 1. The average molecular weight is 673 g/mol. The zero-order valence-corrected chi connectivity index (χ0v) is 29.4. The second-order valence-corrected chi connectivity index (χ2v) is 15.3. The number of rotatable bonds is 11. The number of nitrogens with zero attached hydrogens (tertiary/aromatic N) is 1. The number of carbonyl (C=O) groups is 3. The fourth-order valence-electron chi connectivity index (χ4n) is 7.38. The summed E-state index contributed by atoms with van der Waals surface area (Å²) in [6.07, 6.45) is 4.69. The monoisotopic (exact) mass is 672 g/mol. The molecule has 5 rings (SSSR count). The number of fused-ring (bicyclic) bond motifs is 2. The van der Waals surface area contributed by atoms with Gasteiger partial charge in [0.1, 0.15) is 11.6 Å². The molecule has 2 fully saturated rings. The minimum Gasteiger partial charge on any atom is -0.451 e. The van der Waals surface area contributed by atoms with Gasteiger partial charge < -0.3 is 25.5 Å². The van der Waals surface area contributed by atoms with Crippen molar-refractivity contribution < 1.29 is 23.9 Å². The number of hydrogen-bond donors (Lipinski definition) is 4. The second kappa shape index (κ2) is 15.7. The first-order valence-electron chi connectivity index (χ1n) is 17.7. The Kier molecular flexibility index (Phi) is 11.6. The molecular weight excluding hydrogens is 620 g/mol. The zero-order chi connectivity index (χ0) is 35.3. The molecular formula is C39H52N4O6. The molecule has 10 nitrogen and oxygen atoms in total. The first-order valence-corrected chi connectivity index (χ1v) is 17.7. The lowest BCUT2D eigenvalue weighted by atomic mass is 9.72. The third kappa shape index (κ3) is 9.36. The number of aliphatic hydroxyl groups excluding tert-OH is 1. The number of piperidine rings is 1. The van der Waals surface area contributed by atoms with Gasteiger partial charge in [0.15, 0.2) is 11.2 Å². The highest BCUT2D eigenvalue weighted by Gasteiger charge is 2.42. The molecule has 4 N–H and O–H groups in total. The Morgan fingerprint density at radius 2 is 1.63 bits per heavy atom. The van der Waals surface area contributed by atoms with Crippen LogP contribution in [0.1, 0.15) is 82.8 Å². The zero-order valence-electron chi connectivity index (χ0n) is 29.4. The van der Waals surface area contributed by atoms with Crippen molar-refractivity contribution in [3.8, 4) is 0 Å². The summed E-state index contributed by atoms with van der Waals surface area (Å²) < 4.78 is 5.72. The van der Waals surface area contributed by atoms with Gasteiger partial charge >= 0.3 is 0 Å². The molecule has 264 valence electrons. The van der Waals surface area contributed by atoms with Gasteiger partial charge in [-0.3, -0.25) is 24.1 Å². The molecule has 2 aromatic carbocycles. The van der Waals surface area contributed by atoms with Crippen molar-refractivity contribution in [1.29, 1.82) is 0 Å². The van der Waals surface area contributed by atoms with Crippen molar-refractivity contribution in [2.75, 3.05) is 13.1 Å². The van der Waals surface area contributed by atoms with Gasteiger partial charge in [0.25, 0.3) is 5.91 Å². The first-order chi connectivity index (χ1) is 23.3. The molecule has 10 heteroatoms. The topological polar surface area (TPSA) is 141 Å². The van der Waals surface area contributed by atoms with Crippen LogP contribution in [0.5, 0.6) is 0 Å². The van der Waals surface area contributed by atoms with Crippen LogP contribution in [-0.2, 0) is 16.0 Å². The van der Waals surface area contributed by atoms with E-state index in [0.29, 0.717) is 23.6 Å². The standard InChI is InChI=1S/C39H52N4O6/c1-24(2)35(41-37(47)34-21-31(44)28-17-11-12-18-33(28)49-34)38(48)40-29(19-25-13-7-6-8-14-25)32(45)23-43-22-27-16-10-9-15-26(27)20-30(43)36(46)42-39(3,4)5/h6-8,11-14,17-18,21,24,26-27,29-30,32,35,45H,9-10,15-16,19-20,22-23H2,1-5H3,(H,40,48)(H,41,47)(H,42,46)/t26-,27+,29-,30-,32+,35-/m0/s1. The maximum atomic E-state index is 13.9. The molecule has 0 bridgehead atoms. The van der Waals surface area contributed by atoms with Crippen LogP contribution in [0.4, 0.5) is 0 Å². The lowest BCUT2D eigenvalue weighted by Crippen LogP contribution is -2.61. The van der Waals surface area contributed by atoms with Gasteiger partial charge in [0.2, 0.25) is 11.8 Å². The maximum Gasteiger partial charge on any atom is 0.287 e. The quantitative estimate of drug-likeness (QED) is 0.236. The summed E-state index contributed by atoms with van der Waals surface area (Å²) in [4.78, 5) is 55.7. The lowest BCUT2D eigenvalue weighted by Gasteiger charge is -2.47. The smallest absolute Gasteiger partial charge is 0.287 e. The van der Waals surface area contributed by atoms with E-state index >= 15 is 0 Å². The highest BCUT2D eigenvalue weighted by molar-refractivity contribution is 5.96. The van der Waals surface area contributed by atoms with Crippen LogP contribution in [0.25, 0.3) is 11.0 Å². The second-order valence-electron chi connectivity index (χ2n) is 15.3. The average Bonchev–Trinajstić information content (AvgIpc) is 3.05. The molecule has 3 aromatic rings. The predicted octanol–water partition coefficient (Wildman–Crippen LogP) is 4.43. The summed E-state index contributed by atoms with van der Waals surface area (Å²) in [6.45, 7) is 10.5. The van der Waals surface area contributed by atoms with Crippen molar-refractivity contribution >= 4 is 28.7 Å². The van der Waals surface area contributed by atoms with Crippen LogP contribution in [0, 0.1) is 17.8 Å². The third-order valence-electron chi connectivity index (χ3n) is 9.91. The van der Waals surface area contributed by atoms with Crippen molar-refractivity contribution in [2.24, 2.45) is 17.8 Å². The molecule has 0 unspecified atom stereocenters. The Hall–Kier alpha value is -4.02. The van der Waals surface area contributed by atoms with E-state index in [2.05, 4.69) is 20.9 Å². The SMILES string of the molecule is CC(C)[C@H](NC(=O)c1cc(=O)c2ccccc2o1)C(=O)N[C@@H](Cc1ccccc1)[C@H](O)CN1C[C@H]2CCCC[C@H]2C[C@H]1C(=O)NC(C)(C)C. The number of nitrogens with one attached hydrogen (secondary N) is 3. The molecule has 2 heterocycles. The molecule has 1 saturated carbocycles. The summed E-state index contributed by atoms with van der Waals surface area (Å²) in [6, 6.07) is 15.4. The third-order valence-corrected chi connectivity index (χ3v) is 9.91. The minimum atomic E-state index is -1.00. The summed E-state index contributed by atoms with van der Waals surface area (Å²) in [5.74, 6) is -0.720. The van der Waals surface area contributed by atoms with Crippen LogP contribution >= 0.6 is 0 Å². The summed E-state index contributed by atoms with van der Waals surface area (Å²) >= 11 is 0. The largest absolute Gasteiger partial charge is 0.451 e. The molecule has 1 aromatic heterocycles. The fraction of sp³-hybridized carbons (Fsp3) is 0.538. The normalized spacial score (nSPS) is 21.7. The van der Waals surface area contributed by atoms with Crippen LogP contribution in [0.3, 0.4) is 0 Å². The van der Waals surface area contributed by atoms with Crippen LogP contribution in [0.15, 0.2) is 69.9 Å². The molecule has 49 heavy (non-hydrogen) atoms. The number of hydrogen-bond acceptors (Lipinski definition) is 7. The number of carbonyl (C=O) groups excluding carboxylic acids is 3. The van der Waals surface area contributed by atoms with E-state index in [1.54, 1.807) is 24.3 Å². The predicted molar refractivity (Wildman–Crippen MR) is 190 cm³/mol. The number of benzene rings is 2. The Morgan fingerprint density at radius 3 is 2.33 bits per heavy atom. The number of aliphatic hydroxyl groups is 1. The molecule has 1 saturated heterocycles. The molecule has 0 spiro atoms. The van der Waals surface area contributed by atoms with E-state index in [-0.39, 0.29) is 46.7 Å². The van der Waals surface area contributed by atoms with E-state index < -0.39 is 30.0 Å². The maximum absolute atomic E-state index is 13.9. The van der Waals surface area contributed by atoms with Crippen molar-refractivity contribution in [3.05, 3.63) is 82.2 Å². The van der Waals surface area contributed by atoms with E-state index in [9.17, 15) is 24.3 Å². The molecule has 1 aliphatic carbocycles. The highest BCUT2D eigenvalue weighted by Crippen LogP contribution is 2.39. The molecule has 6 atom stereocenters. The van der Waals surface area contributed by atoms with Gasteiger partial charge in [-0.05, 0) is 75.5 Å². The van der Waals surface area contributed by atoms with Gasteiger partial charge in [-0.1, -0.05) is 75.6 Å². The van der Waals surface area contributed by atoms with Gasteiger partial charge in [-0.25, -0.2) is 0 Å². The number of amides is 3. The highest BCUT2D eigenvalue weighted by atomic mass is 16.3. The Bertz CT molecular complexity index is 1670. The molecule has 1 aliphatic heterocycles. The Morgan fingerprint density at radius 1 is 0.959 bits per heavy atom. The summed E-state index contributed by atoms with van der Waals surface area (Å²) in [5.41, 5.74) is 0.474. The van der Waals surface area contributed by atoms with E-state index in [0.717, 1.165) is 37.4 Å². The summed E-state index contributed by atoms with van der Waals surface area (Å²) in [5, 5.41) is 21.2. The van der Waals surface area contributed by atoms with Gasteiger partial charge in [-0.15, -0.1) is 0 Å². The van der Waals surface area contributed by atoms with Crippen molar-refractivity contribution in [3.63, 3.8) is 0 Å². The number of para-hydroxylation sites is 1. The van der Waals surface area contributed by atoms with Gasteiger partial charge in [-0.2, -0.15) is 0 Å². The molecule has 3 amide bonds. The van der Waals surface area contributed by atoms with Crippen LogP contribution in [0.2, 0.25) is 0 Å². The Balaban J connectivity index is 1.35. The number of β-amino-alcohol motifs (C(OH)–C–C–N with tert-alkyl or cyclic N) is 1. The van der Waals surface area contributed by atoms with Crippen LogP contribution < -0.4 is 21.4 Å². The lowest BCUT2D eigenvalue weighted by molar-refractivity contribution is -0.133. The summed E-state index contributed by atoms with van der Waals surface area (Å²) in [7, 11) is 0. The van der Waals surface area contributed by atoms with E-state index in [4.69, 9.17) is 4.42 Å². The fourth-order valence-corrected chi connectivity index (χ4v) is 7.38. The minimum absolute atomic E-state index is 0.0321. The van der Waals surface area contributed by atoms with Crippen LogP contribution in [-0.4, -0.2) is 70.6 Å². The van der Waals surface area contributed by atoms with Gasteiger partial charge in [0, 0.05) is 24.7 Å². The van der Waals surface area contributed by atoms with Gasteiger partial charge in [0.05, 0.1) is 23.6 Å². The first kappa shape index (κ1) is 36.3. The van der Waals surface area contributed by atoms with Crippen molar-refractivity contribution in [2.45, 2.75) is 103 Å². The molecule has 0 radical (unpaired) electrons. The van der Waals surface area contributed by atoms with E-state index in [1.807, 2.05) is 65.0 Å². The molecule has 2 aliphatic rings. The van der Waals surface area contributed by atoms with Crippen molar-refractivity contribution in [1.82, 2.24) is 20.9 Å². The Labute approximate surface area is 289 Å².